The monoisotopic (exact) mass is 302 g/mol. The van der Waals surface area contributed by atoms with E-state index in [1.165, 1.54) is 0 Å². The van der Waals surface area contributed by atoms with Crippen molar-refractivity contribution in [2.45, 2.75) is 26.3 Å². The number of nitrogens with one attached hydrogen (secondary N) is 1. The van der Waals surface area contributed by atoms with E-state index in [0.29, 0.717) is 31.1 Å². The summed E-state index contributed by atoms with van der Waals surface area (Å²) in [6.45, 7) is 4.76. The Morgan fingerprint density at radius 3 is 2.70 bits per heavy atom. The molecule has 0 saturated carbocycles. The van der Waals surface area contributed by atoms with Crippen molar-refractivity contribution in [1.82, 2.24) is 0 Å². The van der Waals surface area contributed by atoms with Crippen LogP contribution >= 0.6 is 12.4 Å². The number of hydrogen-bond donors (Lipinski definition) is 2. The first-order chi connectivity index (χ1) is 9.08. The van der Waals surface area contributed by atoms with Crippen LogP contribution in [0.4, 0.5) is 5.69 Å². The number of hydrogen-bond acceptors (Lipinski definition) is 4. The lowest BCUT2D eigenvalue weighted by Gasteiger charge is -2.15. The predicted octanol–water partition coefficient (Wildman–Crippen LogP) is 2.12. The highest BCUT2D eigenvalue weighted by molar-refractivity contribution is 5.95. The Labute approximate surface area is 126 Å². The molecule has 0 unspecified atom stereocenters. The summed E-state index contributed by atoms with van der Waals surface area (Å²) in [6.07, 6.45) is 0.595. The molecular formula is C14H23ClN2O3. The molecule has 6 heteroatoms. The van der Waals surface area contributed by atoms with Crippen molar-refractivity contribution in [2.75, 3.05) is 25.6 Å². The Hall–Kier alpha value is -1.30. The average Bonchev–Trinajstić information content (AvgIpc) is 2.40. The van der Waals surface area contributed by atoms with Crippen molar-refractivity contribution in [1.29, 1.82) is 0 Å². The fraction of sp³-hybridized carbons (Fsp3) is 0.500. The van der Waals surface area contributed by atoms with Crippen LogP contribution in [0.2, 0.25) is 0 Å². The van der Waals surface area contributed by atoms with Gasteiger partial charge in [-0.1, -0.05) is 13.0 Å². The number of carbonyl (C=O) groups is 1. The molecule has 0 aliphatic rings. The van der Waals surface area contributed by atoms with Crippen molar-refractivity contribution in [3.8, 4) is 5.75 Å². The Morgan fingerprint density at radius 2 is 2.10 bits per heavy atom. The van der Waals surface area contributed by atoms with E-state index in [-0.39, 0.29) is 18.3 Å². The van der Waals surface area contributed by atoms with Crippen LogP contribution in [-0.4, -0.2) is 32.3 Å². The molecule has 0 saturated heterocycles. The molecule has 1 aromatic rings. The largest absolute Gasteiger partial charge is 0.489 e. The Morgan fingerprint density at radius 1 is 1.40 bits per heavy atom. The van der Waals surface area contributed by atoms with Crippen LogP contribution in [0.25, 0.3) is 0 Å². The van der Waals surface area contributed by atoms with Gasteiger partial charge in [0, 0.05) is 7.11 Å². The number of amides is 1. The number of nitrogens with two attached hydrogens (primary N) is 1. The van der Waals surface area contributed by atoms with Gasteiger partial charge < -0.3 is 20.5 Å². The van der Waals surface area contributed by atoms with Crippen molar-refractivity contribution in [3.63, 3.8) is 0 Å². The maximum Gasteiger partial charge on any atom is 0.241 e. The zero-order valence-corrected chi connectivity index (χ0v) is 13.0. The van der Waals surface area contributed by atoms with Crippen molar-refractivity contribution in [2.24, 2.45) is 5.73 Å². The van der Waals surface area contributed by atoms with Gasteiger partial charge in [-0.2, -0.15) is 0 Å². The van der Waals surface area contributed by atoms with E-state index in [2.05, 4.69) is 5.32 Å². The fourth-order valence-corrected chi connectivity index (χ4v) is 1.50. The Balaban J connectivity index is 0.00000361. The van der Waals surface area contributed by atoms with Gasteiger partial charge in [0.15, 0.2) is 0 Å². The third kappa shape index (κ3) is 5.77. The second-order valence-electron chi connectivity index (χ2n) is 4.34. The summed E-state index contributed by atoms with van der Waals surface area (Å²) >= 11 is 0. The molecule has 20 heavy (non-hydrogen) atoms. The second kappa shape index (κ2) is 9.58. The minimum atomic E-state index is -0.506. The molecule has 0 fully saturated rings. The highest BCUT2D eigenvalue weighted by atomic mass is 35.5. The lowest BCUT2D eigenvalue weighted by molar-refractivity contribution is -0.117. The molecule has 1 aromatic carbocycles. The van der Waals surface area contributed by atoms with E-state index >= 15 is 0 Å². The van der Waals surface area contributed by atoms with Gasteiger partial charge in [-0.3, -0.25) is 4.79 Å². The molecule has 0 bridgehead atoms. The zero-order chi connectivity index (χ0) is 14.3. The van der Waals surface area contributed by atoms with Gasteiger partial charge >= 0.3 is 0 Å². The van der Waals surface area contributed by atoms with E-state index in [1.807, 2.05) is 32.0 Å². The minimum Gasteiger partial charge on any atom is -0.489 e. The number of rotatable bonds is 7. The summed E-state index contributed by atoms with van der Waals surface area (Å²) in [5.41, 5.74) is 7.39. The summed E-state index contributed by atoms with van der Waals surface area (Å²) in [5.74, 6) is 0.427. The molecule has 0 aromatic heterocycles. The summed E-state index contributed by atoms with van der Waals surface area (Å²) in [6, 6.07) is 5.10. The smallest absolute Gasteiger partial charge is 0.241 e. The number of carbonyl (C=O) groups excluding carboxylic acids is 1. The third-order valence-corrected chi connectivity index (χ3v) is 2.72. The van der Waals surface area contributed by atoms with Crippen molar-refractivity contribution in [3.05, 3.63) is 23.8 Å². The quantitative estimate of drug-likeness (QED) is 0.757. The molecule has 1 amide bonds. The molecule has 1 atom stereocenters. The van der Waals surface area contributed by atoms with Crippen LogP contribution in [0, 0.1) is 6.92 Å². The summed E-state index contributed by atoms with van der Waals surface area (Å²) in [7, 11) is 1.61. The number of ether oxygens (including phenoxy) is 2. The normalized spacial score (nSPS) is 11.4. The molecular weight excluding hydrogens is 280 g/mol. The second-order valence-corrected chi connectivity index (χ2v) is 4.34. The molecule has 5 nitrogen and oxygen atoms in total. The SMILES string of the molecule is CC[C@H](N)C(=O)Nc1ccc(C)cc1OCCOC.Cl. The Kier molecular flexibility index (Phi) is 8.96. The van der Waals surface area contributed by atoms with Crippen LogP contribution in [0.15, 0.2) is 18.2 Å². The number of anilines is 1. The van der Waals surface area contributed by atoms with Crippen molar-refractivity contribution >= 4 is 24.0 Å². The van der Waals surface area contributed by atoms with Gasteiger partial charge in [0.1, 0.15) is 12.4 Å². The van der Waals surface area contributed by atoms with Gasteiger partial charge in [0.2, 0.25) is 5.91 Å². The van der Waals surface area contributed by atoms with Gasteiger partial charge in [0.05, 0.1) is 18.3 Å². The molecule has 0 aliphatic heterocycles. The summed E-state index contributed by atoms with van der Waals surface area (Å²) < 4.78 is 10.5. The van der Waals surface area contributed by atoms with Gasteiger partial charge in [-0.15, -0.1) is 12.4 Å². The first-order valence-electron chi connectivity index (χ1n) is 6.37. The highest BCUT2D eigenvalue weighted by Crippen LogP contribution is 2.25. The van der Waals surface area contributed by atoms with E-state index in [0.717, 1.165) is 5.56 Å². The highest BCUT2D eigenvalue weighted by Gasteiger charge is 2.13. The number of methoxy groups -OCH3 is 1. The van der Waals surface area contributed by atoms with E-state index in [4.69, 9.17) is 15.2 Å². The molecule has 114 valence electrons. The molecule has 3 N–H and O–H groups in total. The van der Waals surface area contributed by atoms with Gasteiger partial charge in [0.25, 0.3) is 0 Å². The summed E-state index contributed by atoms with van der Waals surface area (Å²) in [4.78, 5) is 11.8. The van der Waals surface area contributed by atoms with Gasteiger partial charge in [-0.05, 0) is 31.0 Å². The molecule has 0 radical (unpaired) electrons. The molecule has 0 aliphatic carbocycles. The average molecular weight is 303 g/mol. The maximum absolute atomic E-state index is 11.8. The van der Waals surface area contributed by atoms with Crippen LogP contribution < -0.4 is 15.8 Å². The van der Waals surface area contributed by atoms with E-state index < -0.39 is 6.04 Å². The lowest BCUT2D eigenvalue weighted by Crippen LogP contribution is -2.34. The van der Waals surface area contributed by atoms with Crippen LogP contribution in [0.5, 0.6) is 5.75 Å². The standard InChI is InChI=1S/C14H22N2O3.ClH/c1-4-11(15)14(17)16-12-6-5-10(2)9-13(12)19-8-7-18-3;/h5-6,9,11H,4,7-8,15H2,1-3H3,(H,16,17);1H/t11-;/m0./s1. The fourth-order valence-electron chi connectivity index (χ4n) is 1.50. The maximum atomic E-state index is 11.8. The third-order valence-electron chi connectivity index (χ3n) is 2.72. The van der Waals surface area contributed by atoms with E-state index in [1.54, 1.807) is 7.11 Å². The van der Waals surface area contributed by atoms with E-state index in [9.17, 15) is 4.79 Å². The lowest BCUT2D eigenvalue weighted by atomic mass is 10.2. The topological polar surface area (TPSA) is 73.6 Å². The number of halogens is 1. The van der Waals surface area contributed by atoms with Crippen LogP contribution in [-0.2, 0) is 9.53 Å². The van der Waals surface area contributed by atoms with Crippen LogP contribution in [0.3, 0.4) is 0 Å². The predicted molar refractivity (Wildman–Crippen MR) is 82.7 cm³/mol. The Bertz CT molecular complexity index is 427. The minimum absolute atomic E-state index is 0. The zero-order valence-electron chi connectivity index (χ0n) is 12.1. The van der Waals surface area contributed by atoms with Gasteiger partial charge in [-0.25, -0.2) is 0 Å². The number of aryl methyl sites for hydroxylation is 1. The molecule has 0 spiro atoms. The number of benzene rings is 1. The van der Waals surface area contributed by atoms with Crippen molar-refractivity contribution < 1.29 is 14.3 Å². The first-order valence-corrected chi connectivity index (χ1v) is 6.37. The molecule has 1 rings (SSSR count). The molecule has 0 heterocycles. The summed E-state index contributed by atoms with van der Waals surface area (Å²) in [5, 5.41) is 2.79. The first kappa shape index (κ1) is 18.7. The van der Waals surface area contributed by atoms with Crippen LogP contribution in [0.1, 0.15) is 18.9 Å².